The lowest BCUT2D eigenvalue weighted by Crippen LogP contribution is -2.61. The zero-order valence-electron chi connectivity index (χ0n) is 20.3. The SMILES string of the molecule is CCCCC(=O)O[C@H]1CC[C@@]2(C)C(CC(O)C3C2CC[C@@]2(C)C3OC[C@@H]2OC(=O)CC)C1. The van der Waals surface area contributed by atoms with E-state index in [4.69, 9.17) is 14.2 Å². The Kier molecular flexibility index (Phi) is 6.94. The number of rotatable bonds is 6. The molecule has 4 rings (SSSR count). The number of hydrogen-bond donors (Lipinski definition) is 1. The van der Waals surface area contributed by atoms with Gasteiger partial charge in [0.05, 0.1) is 18.8 Å². The Labute approximate surface area is 192 Å². The Balaban J connectivity index is 1.46. The number of unbranched alkanes of at least 4 members (excludes halogenated alkanes) is 1. The van der Waals surface area contributed by atoms with Gasteiger partial charge in [0.25, 0.3) is 0 Å². The van der Waals surface area contributed by atoms with Crippen LogP contribution in [-0.2, 0) is 23.8 Å². The lowest BCUT2D eigenvalue weighted by molar-refractivity contribution is -0.196. The fourth-order valence-corrected chi connectivity index (χ4v) is 7.48. The molecule has 182 valence electrons. The number of aliphatic hydroxyl groups is 1. The summed E-state index contributed by atoms with van der Waals surface area (Å²) in [6.45, 7) is 8.90. The van der Waals surface area contributed by atoms with Gasteiger partial charge in [-0.15, -0.1) is 0 Å². The minimum absolute atomic E-state index is 0.0180. The van der Waals surface area contributed by atoms with Gasteiger partial charge in [-0.2, -0.15) is 0 Å². The highest BCUT2D eigenvalue weighted by Gasteiger charge is 2.64. The number of aliphatic hydroxyl groups excluding tert-OH is 1. The second-order valence-corrected chi connectivity index (χ2v) is 11.3. The molecule has 32 heavy (non-hydrogen) atoms. The van der Waals surface area contributed by atoms with Crippen LogP contribution in [0.1, 0.15) is 91.9 Å². The van der Waals surface area contributed by atoms with Crippen molar-refractivity contribution in [2.75, 3.05) is 6.61 Å². The van der Waals surface area contributed by atoms with Gasteiger partial charge in [0.15, 0.2) is 0 Å². The van der Waals surface area contributed by atoms with Gasteiger partial charge in [0.2, 0.25) is 0 Å². The van der Waals surface area contributed by atoms with Crippen LogP contribution < -0.4 is 0 Å². The highest BCUT2D eigenvalue weighted by Crippen LogP contribution is 2.63. The quantitative estimate of drug-likeness (QED) is 0.604. The lowest BCUT2D eigenvalue weighted by Gasteiger charge is -2.61. The Bertz CT molecular complexity index is 708. The molecule has 4 fully saturated rings. The summed E-state index contributed by atoms with van der Waals surface area (Å²) in [6, 6.07) is 0. The molecule has 0 radical (unpaired) electrons. The van der Waals surface area contributed by atoms with Crippen LogP contribution >= 0.6 is 0 Å². The molecule has 3 saturated carbocycles. The van der Waals surface area contributed by atoms with Gasteiger partial charge in [-0.05, 0) is 62.2 Å². The first-order chi connectivity index (χ1) is 15.2. The smallest absolute Gasteiger partial charge is 0.306 e. The number of fused-ring (bicyclic) bond motifs is 5. The van der Waals surface area contributed by atoms with Crippen molar-refractivity contribution in [3.8, 4) is 0 Å². The normalized spacial score (nSPS) is 45.3. The molecule has 6 heteroatoms. The molecule has 6 nitrogen and oxygen atoms in total. The van der Waals surface area contributed by atoms with Crippen molar-refractivity contribution in [3.05, 3.63) is 0 Å². The highest BCUT2D eigenvalue weighted by molar-refractivity contribution is 5.69. The molecule has 0 aromatic rings. The van der Waals surface area contributed by atoms with E-state index < -0.39 is 6.10 Å². The third-order valence-electron chi connectivity index (χ3n) is 9.52. The van der Waals surface area contributed by atoms with Crippen molar-refractivity contribution in [1.82, 2.24) is 0 Å². The van der Waals surface area contributed by atoms with Crippen molar-refractivity contribution in [2.24, 2.45) is 28.6 Å². The van der Waals surface area contributed by atoms with Crippen LogP contribution in [0.15, 0.2) is 0 Å². The maximum absolute atomic E-state index is 12.2. The summed E-state index contributed by atoms with van der Waals surface area (Å²) in [7, 11) is 0. The van der Waals surface area contributed by atoms with Gasteiger partial charge < -0.3 is 19.3 Å². The van der Waals surface area contributed by atoms with E-state index in [0.29, 0.717) is 31.3 Å². The average Bonchev–Trinajstić information content (AvgIpc) is 3.09. The average molecular weight is 451 g/mol. The van der Waals surface area contributed by atoms with E-state index in [1.54, 1.807) is 0 Å². The van der Waals surface area contributed by atoms with Crippen LogP contribution in [-0.4, -0.2) is 48.1 Å². The van der Waals surface area contributed by atoms with Crippen LogP contribution in [0.3, 0.4) is 0 Å². The van der Waals surface area contributed by atoms with E-state index >= 15 is 0 Å². The molecule has 0 bridgehead atoms. The Hall–Kier alpha value is -1.14. The van der Waals surface area contributed by atoms with Crippen LogP contribution in [0.4, 0.5) is 0 Å². The van der Waals surface area contributed by atoms with E-state index in [-0.39, 0.29) is 47.0 Å². The zero-order valence-corrected chi connectivity index (χ0v) is 20.3. The maximum Gasteiger partial charge on any atom is 0.306 e. The topological polar surface area (TPSA) is 82.1 Å². The second kappa shape index (κ2) is 9.25. The summed E-state index contributed by atoms with van der Waals surface area (Å²) in [5, 5.41) is 11.3. The molecule has 1 aliphatic heterocycles. The summed E-state index contributed by atoms with van der Waals surface area (Å²) in [5.41, 5.74) is -0.110. The first-order valence-corrected chi connectivity index (χ1v) is 12.9. The number of carbonyl (C=O) groups is 2. The lowest BCUT2D eigenvalue weighted by atomic mass is 9.45. The Morgan fingerprint density at radius 2 is 1.78 bits per heavy atom. The molecule has 4 aliphatic rings. The summed E-state index contributed by atoms with van der Waals surface area (Å²) >= 11 is 0. The van der Waals surface area contributed by atoms with Crippen LogP contribution in [0, 0.1) is 28.6 Å². The van der Waals surface area contributed by atoms with E-state index in [2.05, 4.69) is 20.8 Å². The Morgan fingerprint density at radius 3 is 2.50 bits per heavy atom. The van der Waals surface area contributed by atoms with Crippen molar-refractivity contribution in [1.29, 1.82) is 0 Å². The van der Waals surface area contributed by atoms with Gasteiger partial charge in [-0.3, -0.25) is 9.59 Å². The molecule has 1 heterocycles. The molecule has 3 aliphatic carbocycles. The predicted molar refractivity (Wildman–Crippen MR) is 120 cm³/mol. The standard InChI is InChI=1S/C26H42O6/c1-5-7-8-22(29)31-17-9-11-25(3)16(13-17)14-19(27)23-18(25)10-12-26(4)20(15-30-24(23)26)32-21(28)6-2/h16-20,23-24,27H,5-15H2,1-4H3/t16?,17-,18?,19?,20-,23?,24?,25-,26+/m0/s1. The molecular weight excluding hydrogens is 408 g/mol. The van der Waals surface area contributed by atoms with E-state index in [1.165, 1.54) is 0 Å². The van der Waals surface area contributed by atoms with Crippen molar-refractivity contribution < 1.29 is 28.9 Å². The van der Waals surface area contributed by atoms with Crippen molar-refractivity contribution >= 4 is 11.9 Å². The largest absolute Gasteiger partial charge is 0.462 e. The molecule has 0 spiro atoms. The van der Waals surface area contributed by atoms with Gasteiger partial charge in [0, 0.05) is 24.2 Å². The Morgan fingerprint density at radius 1 is 1.03 bits per heavy atom. The number of esters is 2. The fourth-order valence-electron chi connectivity index (χ4n) is 7.48. The minimum atomic E-state index is -0.433. The summed E-state index contributed by atoms with van der Waals surface area (Å²) < 4.78 is 17.9. The summed E-state index contributed by atoms with van der Waals surface area (Å²) in [5.74, 6) is 0.562. The van der Waals surface area contributed by atoms with Crippen LogP contribution in [0.5, 0.6) is 0 Å². The van der Waals surface area contributed by atoms with Gasteiger partial charge in [0.1, 0.15) is 12.2 Å². The van der Waals surface area contributed by atoms with Gasteiger partial charge in [-0.1, -0.05) is 34.1 Å². The van der Waals surface area contributed by atoms with E-state index in [9.17, 15) is 14.7 Å². The number of carbonyl (C=O) groups excluding carboxylic acids is 2. The van der Waals surface area contributed by atoms with E-state index in [1.807, 2.05) is 6.92 Å². The molecule has 0 aromatic carbocycles. The molecule has 1 N–H and O–H groups in total. The first kappa shape index (κ1) is 24.0. The molecule has 5 unspecified atom stereocenters. The molecule has 0 aromatic heterocycles. The number of ether oxygens (including phenoxy) is 3. The third-order valence-corrected chi connectivity index (χ3v) is 9.52. The summed E-state index contributed by atoms with van der Waals surface area (Å²) in [4.78, 5) is 24.1. The minimum Gasteiger partial charge on any atom is -0.462 e. The number of hydrogen-bond acceptors (Lipinski definition) is 6. The van der Waals surface area contributed by atoms with Gasteiger partial charge >= 0.3 is 11.9 Å². The maximum atomic E-state index is 12.2. The first-order valence-electron chi connectivity index (χ1n) is 12.9. The predicted octanol–water partition coefficient (Wildman–Crippen LogP) is 4.41. The van der Waals surface area contributed by atoms with Crippen molar-refractivity contribution in [2.45, 2.75) is 116 Å². The molecule has 1 saturated heterocycles. The van der Waals surface area contributed by atoms with Gasteiger partial charge in [-0.25, -0.2) is 0 Å². The van der Waals surface area contributed by atoms with Crippen molar-refractivity contribution in [3.63, 3.8) is 0 Å². The molecule has 9 atom stereocenters. The molecule has 0 amide bonds. The second-order valence-electron chi connectivity index (χ2n) is 11.3. The summed E-state index contributed by atoms with van der Waals surface area (Å²) in [6.07, 6.45) is 7.48. The molecular formula is C26H42O6. The fraction of sp³-hybridized carbons (Fsp3) is 0.923. The van der Waals surface area contributed by atoms with Crippen LogP contribution in [0.2, 0.25) is 0 Å². The monoisotopic (exact) mass is 450 g/mol. The highest BCUT2D eigenvalue weighted by atomic mass is 16.6. The van der Waals surface area contributed by atoms with Crippen LogP contribution in [0.25, 0.3) is 0 Å². The third kappa shape index (κ3) is 4.11. The zero-order chi connectivity index (χ0) is 23.1. The van der Waals surface area contributed by atoms with E-state index in [0.717, 1.165) is 51.4 Å².